The van der Waals surface area contributed by atoms with E-state index in [1.165, 1.54) is 23.9 Å². The maximum atomic E-state index is 16.0. The van der Waals surface area contributed by atoms with Crippen LogP contribution in [0.3, 0.4) is 0 Å². The van der Waals surface area contributed by atoms with Crippen LogP contribution in [0.1, 0.15) is 45.9 Å². The van der Waals surface area contributed by atoms with Gasteiger partial charge in [0.1, 0.15) is 29.5 Å². The molecular formula is C27H37FN7O9P. The number of halogens is 1. The van der Waals surface area contributed by atoms with Gasteiger partial charge in [0.15, 0.2) is 23.4 Å². The van der Waals surface area contributed by atoms with Crippen LogP contribution in [-0.2, 0) is 39.3 Å². The minimum absolute atomic E-state index is 0.0236. The zero-order valence-electron chi connectivity index (χ0n) is 25.2. The van der Waals surface area contributed by atoms with Gasteiger partial charge in [0, 0.05) is 6.42 Å². The summed E-state index contributed by atoms with van der Waals surface area (Å²) in [6, 6.07) is 5.32. The summed E-state index contributed by atoms with van der Waals surface area (Å²) in [5.41, 5.74) is 9.88. The number of anilines is 2. The molecule has 1 fully saturated rings. The number of aliphatic hydroxyl groups is 1. The Bertz CT molecular complexity index is 1570. The monoisotopic (exact) mass is 653 g/mol. The molecule has 1 aliphatic heterocycles. The fraction of sp³-hybridized carbons (Fsp3) is 0.519. The van der Waals surface area contributed by atoms with Crippen molar-refractivity contribution in [2.24, 2.45) is 0 Å². The van der Waals surface area contributed by atoms with Gasteiger partial charge in [-0.2, -0.15) is 15.1 Å². The molecule has 1 saturated heterocycles. The van der Waals surface area contributed by atoms with Crippen molar-refractivity contribution in [3.63, 3.8) is 0 Å². The number of nitrogen functional groups attached to an aromatic ring is 2. The maximum absolute atomic E-state index is 16.0. The molecule has 6 N–H and O–H groups in total. The van der Waals surface area contributed by atoms with Gasteiger partial charge in [-0.25, -0.2) is 13.9 Å². The van der Waals surface area contributed by atoms with Crippen molar-refractivity contribution in [1.82, 2.24) is 24.6 Å². The van der Waals surface area contributed by atoms with Crippen molar-refractivity contribution < 1.29 is 46.9 Å². The summed E-state index contributed by atoms with van der Waals surface area (Å²) < 4.78 is 58.7. The molecule has 0 amide bonds. The number of rotatable bonds is 14. The number of imidazole rings is 1. The molecule has 4 rings (SSSR count). The van der Waals surface area contributed by atoms with Crippen LogP contribution in [0.4, 0.5) is 16.2 Å². The lowest BCUT2D eigenvalue weighted by molar-refractivity contribution is -0.145. The Labute approximate surface area is 258 Å². The number of hydrogen-bond donors (Lipinski definition) is 4. The highest BCUT2D eigenvalue weighted by atomic mass is 31.2. The van der Waals surface area contributed by atoms with Gasteiger partial charge in [-0.15, -0.1) is 0 Å². The number of para-hydroxylation sites is 1. The number of hydrogen-bond acceptors (Lipinski definition) is 14. The quantitative estimate of drug-likeness (QED) is 0.145. The number of aromatic nitrogens is 4. The van der Waals surface area contributed by atoms with Gasteiger partial charge in [0.05, 0.1) is 26.1 Å². The Hall–Kier alpha value is -3.89. The zero-order chi connectivity index (χ0) is 32.9. The molecular weight excluding hydrogens is 616 g/mol. The molecule has 3 aromatic rings. The number of fused-ring (bicyclic) bond motifs is 1. The Morgan fingerprint density at radius 1 is 1.22 bits per heavy atom. The van der Waals surface area contributed by atoms with E-state index in [-0.39, 0.29) is 54.7 Å². The van der Waals surface area contributed by atoms with Crippen molar-refractivity contribution in [2.75, 3.05) is 31.3 Å². The van der Waals surface area contributed by atoms with Crippen molar-refractivity contribution in [1.29, 1.82) is 0 Å². The average molecular weight is 654 g/mol. The van der Waals surface area contributed by atoms with E-state index in [0.717, 1.165) is 6.92 Å². The predicted octanol–water partition coefficient (Wildman–Crippen LogP) is 2.22. The topological polar surface area (TPSA) is 225 Å². The summed E-state index contributed by atoms with van der Waals surface area (Å²) in [4.78, 5) is 36.4. The molecule has 0 radical (unpaired) electrons. The Kier molecular flexibility index (Phi) is 10.6. The highest BCUT2D eigenvalue weighted by Crippen LogP contribution is 2.48. The van der Waals surface area contributed by atoms with Crippen LogP contribution in [0.2, 0.25) is 0 Å². The highest BCUT2D eigenvalue weighted by molar-refractivity contribution is 7.52. The van der Waals surface area contributed by atoms with E-state index in [1.807, 2.05) is 0 Å². The first-order valence-corrected chi connectivity index (χ1v) is 15.7. The number of esters is 2. The van der Waals surface area contributed by atoms with E-state index in [2.05, 4.69) is 20.0 Å². The van der Waals surface area contributed by atoms with Crippen LogP contribution >= 0.6 is 7.75 Å². The molecule has 1 aromatic carbocycles. The second kappa shape index (κ2) is 14.0. The average Bonchev–Trinajstić information content (AvgIpc) is 3.49. The van der Waals surface area contributed by atoms with E-state index in [1.54, 1.807) is 32.0 Å². The van der Waals surface area contributed by atoms with Crippen LogP contribution in [0.5, 0.6) is 5.75 Å². The number of nitrogens with two attached hydrogens (primary N) is 2. The number of benzene rings is 1. The van der Waals surface area contributed by atoms with Crippen LogP contribution in [0.25, 0.3) is 11.2 Å². The molecule has 0 bridgehead atoms. The molecule has 18 heteroatoms. The fourth-order valence-corrected chi connectivity index (χ4v) is 6.24. The first kappa shape index (κ1) is 34.0. The van der Waals surface area contributed by atoms with Crippen molar-refractivity contribution in [3.8, 4) is 5.75 Å². The normalized spacial score (nSPS) is 23.4. The standard InChI is InChI=1S/C27H37FN7O9P/c1-5-40-19(36)12-11-16-9-7-8-10-17(16)44-45(39,34-15(3)24(38)41-6-2)42-13-18-21(37)27(4,28)25(43-18)35-14-31-20-22(29)32-26(30)33-23(20)35/h7-10,14-15,18,21,25,37H,5-6,11-13H2,1-4H3,(H,34,39)(H4,29,30,32,33)/t15-,18+,21+,25+,27+,45?/m0/s1. The first-order chi connectivity index (χ1) is 21.3. The molecule has 0 saturated carbocycles. The largest absolute Gasteiger partial charge is 0.466 e. The maximum Gasteiger partial charge on any atom is 0.459 e. The van der Waals surface area contributed by atoms with Gasteiger partial charge < -0.3 is 35.3 Å². The first-order valence-electron chi connectivity index (χ1n) is 14.2. The van der Waals surface area contributed by atoms with Crippen LogP contribution in [0.15, 0.2) is 30.6 Å². The van der Waals surface area contributed by atoms with Crippen LogP contribution < -0.4 is 21.1 Å². The molecule has 1 unspecified atom stereocenters. The third-order valence-electron chi connectivity index (χ3n) is 6.93. The van der Waals surface area contributed by atoms with Crippen LogP contribution in [0, 0.1) is 0 Å². The van der Waals surface area contributed by atoms with E-state index in [9.17, 15) is 19.3 Å². The van der Waals surface area contributed by atoms with Gasteiger partial charge in [-0.05, 0) is 45.7 Å². The summed E-state index contributed by atoms with van der Waals surface area (Å²) in [7, 11) is -4.47. The van der Waals surface area contributed by atoms with Crippen molar-refractivity contribution in [3.05, 3.63) is 36.2 Å². The molecule has 6 atom stereocenters. The summed E-state index contributed by atoms with van der Waals surface area (Å²) in [6.07, 6.45) is -3.21. The molecule has 246 valence electrons. The molecule has 1 aliphatic rings. The molecule has 3 heterocycles. The number of alkyl halides is 1. The smallest absolute Gasteiger partial charge is 0.459 e. The summed E-state index contributed by atoms with van der Waals surface area (Å²) in [5, 5.41) is 13.5. The highest BCUT2D eigenvalue weighted by Gasteiger charge is 2.56. The van der Waals surface area contributed by atoms with Gasteiger partial charge in [-0.1, -0.05) is 18.2 Å². The van der Waals surface area contributed by atoms with Crippen molar-refractivity contribution in [2.45, 2.75) is 70.7 Å². The van der Waals surface area contributed by atoms with Gasteiger partial charge in [0.25, 0.3) is 0 Å². The summed E-state index contributed by atoms with van der Waals surface area (Å²) in [6.45, 7) is 5.44. The third kappa shape index (κ3) is 7.68. The second-order valence-corrected chi connectivity index (χ2v) is 12.0. The summed E-state index contributed by atoms with van der Waals surface area (Å²) >= 11 is 0. The SMILES string of the molecule is CCOC(=O)CCc1ccccc1OP(=O)(N[C@@H](C)C(=O)OCC)OC[C@H]1O[C@@H](n2cnc3c(N)nc(N)nc32)[C@](C)(F)[C@@H]1O. The lowest BCUT2D eigenvalue weighted by Gasteiger charge is -2.26. The molecule has 16 nitrogen and oxygen atoms in total. The van der Waals surface area contributed by atoms with Gasteiger partial charge in [-0.3, -0.25) is 18.7 Å². The Morgan fingerprint density at radius 2 is 1.93 bits per heavy atom. The number of aliphatic hydroxyl groups excluding tert-OH is 1. The number of carbonyl (C=O) groups is 2. The molecule has 0 aliphatic carbocycles. The number of ether oxygens (including phenoxy) is 3. The second-order valence-electron chi connectivity index (χ2n) is 10.3. The fourth-order valence-electron chi connectivity index (χ4n) is 4.70. The van der Waals surface area contributed by atoms with Crippen molar-refractivity contribution >= 4 is 42.6 Å². The minimum atomic E-state index is -4.47. The van der Waals surface area contributed by atoms with Crippen LogP contribution in [-0.4, -0.2) is 80.3 Å². The molecule has 2 aromatic heterocycles. The van der Waals surface area contributed by atoms with Gasteiger partial charge in [0.2, 0.25) is 5.95 Å². The lowest BCUT2D eigenvalue weighted by Crippen LogP contribution is -2.41. The zero-order valence-corrected chi connectivity index (χ0v) is 26.1. The Morgan fingerprint density at radius 3 is 2.64 bits per heavy atom. The summed E-state index contributed by atoms with van der Waals surface area (Å²) in [5.74, 6) is -1.28. The molecule has 45 heavy (non-hydrogen) atoms. The molecule has 0 spiro atoms. The Balaban J connectivity index is 1.57. The van der Waals surface area contributed by atoms with E-state index >= 15 is 4.39 Å². The lowest BCUT2D eigenvalue weighted by atomic mass is 9.98. The van der Waals surface area contributed by atoms with E-state index in [4.69, 9.17) is 34.7 Å². The predicted molar refractivity (Wildman–Crippen MR) is 158 cm³/mol. The van der Waals surface area contributed by atoms with E-state index < -0.39 is 56.4 Å². The van der Waals surface area contributed by atoms with Gasteiger partial charge >= 0.3 is 19.7 Å². The number of nitrogens with zero attached hydrogens (tertiary/aromatic N) is 4. The number of carbonyl (C=O) groups excluding carboxylic acids is 2. The number of nitrogens with one attached hydrogen (secondary N) is 1. The minimum Gasteiger partial charge on any atom is -0.466 e. The van der Waals surface area contributed by atoms with E-state index in [0.29, 0.717) is 5.56 Å². The third-order valence-corrected chi connectivity index (χ3v) is 8.56. The number of aryl methyl sites for hydroxylation is 1.